The maximum Gasteiger partial charge on any atom is 0.253 e. The van der Waals surface area contributed by atoms with Crippen molar-refractivity contribution in [3.63, 3.8) is 0 Å². The van der Waals surface area contributed by atoms with Crippen LogP contribution in [0.5, 0.6) is 0 Å². The van der Waals surface area contributed by atoms with Crippen molar-refractivity contribution in [1.29, 1.82) is 0 Å². The van der Waals surface area contributed by atoms with Crippen LogP contribution in [-0.4, -0.2) is 45.5 Å². The highest BCUT2D eigenvalue weighted by Gasteiger charge is 2.24. The molecule has 0 aliphatic carbocycles. The number of nitrogens with one attached hydrogen (secondary N) is 1. The van der Waals surface area contributed by atoms with E-state index in [0.29, 0.717) is 31.7 Å². The zero-order chi connectivity index (χ0) is 17.9. The number of hydrogen-bond donors (Lipinski definition) is 1. The minimum absolute atomic E-state index is 0.0924. The van der Waals surface area contributed by atoms with Crippen molar-refractivity contribution in [1.82, 2.24) is 9.62 Å². The minimum Gasteiger partial charge on any atom is -0.380 e. The maximum absolute atomic E-state index is 12.6. The predicted molar refractivity (Wildman–Crippen MR) is 96.1 cm³/mol. The molecule has 1 saturated heterocycles. The van der Waals surface area contributed by atoms with Gasteiger partial charge in [0.05, 0.1) is 18.0 Å². The van der Waals surface area contributed by atoms with Crippen molar-refractivity contribution in [2.75, 3.05) is 20.3 Å². The quantitative estimate of drug-likeness (QED) is 0.833. The highest BCUT2D eigenvalue weighted by molar-refractivity contribution is 7.89. The van der Waals surface area contributed by atoms with Crippen molar-refractivity contribution >= 4 is 27.3 Å². The first-order valence-corrected chi connectivity index (χ1v) is 10.3. The van der Waals surface area contributed by atoms with E-state index in [-0.39, 0.29) is 16.8 Å². The third-order valence-corrected chi connectivity index (χ3v) is 6.34. The van der Waals surface area contributed by atoms with Crippen LogP contribution in [0.3, 0.4) is 0 Å². The van der Waals surface area contributed by atoms with Crippen LogP contribution >= 0.6 is 11.3 Å². The highest BCUT2D eigenvalue weighted by Crippen LogP contribution is 2.17. The van der Waals surface area contributed by atoms with Gasteiger partial charge in [-0.25, -0.2) is 13.1 Å². The highest BCUT2D eigenvalue weighted by atomic mass is 32.2. The first-order valence-electron chi connectivity index (χ1n) is 7.94. The summed E-state index contributed by atoms with van der Waals surface area (Å²) in [5.74, 6) is -0.213. The summed E-state index contributed by atoms with van der Waals surface area (Å²) < 4.78 is 32.8. The van der Waals surface area contributed by atoms with Gasteiger partial charge in [-0.05, 0) is 36.1 Å². The molecule has 134 valence electrons. The lowest BCUT2D eigenvalue weighted by molar-refractivity contribution is 0.0786. The van der Waals surface area contributed by atoms with Gasteiger partial charge >= 0.3 is 0 Å². The molecule has 1 amide bonds. The van der Waals surface area contributed by atoms with Gasteiger partial charge in [-0.15, -0.1) is 11.3 Å². The van der Waals surface area contributed by atoms with Crippen molar-refractivity contribution in [2.24, 2.45) is 0 Å². The van der Waals surface area contributed by atoms with E-state index in [1.54, 1.807) is 35.4 Å². The van der Waals surface area contributed by atoms with Crippen LogP contribution in [0.4, 0.5) is 0 Å². The molecule has 1 atom stereocenters. The van der Waals surface area contributed by atoms with Crippen molar-refractivity contribution in [3.8, 4) is 0 Å². The van der Waals surface area contributed by atoms with Crippen molar-refractivity contribution in [3.05, 3.63) is 52.2 Å². The number of hydrogen-bond acceptors (Lipinski definition) is 5. The number of benzene rings is 1. The zero-order valence-corrected chi connectivity index (χ0v) is 15.5. The van der Waals surface area contributed by atoms with Crippen molar-refractivity contribution < 1.29 is 17.9 Å². The molecule has 8 heteroatoms. The summed E-state index contributed by atoms with van der Waals surface area (Å²) in [6.07, 6.45) is 0.654. The van der Waals surface area contributed by atoms with E-state index in [0.717, 1.165) is 4.88 Å². The maximum atomic E-state index is 12.6. The summed E-state index contributed by atoms with van der Waals surface area (Å²) in [5, 5.41) is 1.96. The monoisotopic (exact) mass is 380 g/mol. The SMILES string of the molecule is CN(Cc1cccs1)C(=O)c1cccc(S(=O)(=O)N[C@@H]2CCOC2)c1. The topological polar surface area (TPSA) is 75.7 Å². The Morgan fingerprint density at radius 1 is 1.36 bits per heavy atom. The molecule has 6 nitrogen and oxygen atoms in total. The molecule has 0 unspecified atom stereocenters. The molecule has 2 heterocycles. The van der Waals surface area contributed by atoms with E-state index < -0.39 is 10.0 Å². The fourth-order valence-corrected chi connectivity index (χ4v) is 4.70. The van der Waals surface area contributed by atoms with Gasteiger partial charge in [-0.3, -0.25) is 4.79 Å². The van der Waals surface area contributed by atoms with Gasteiger partial charge in [-0.1, -0.05) is 12.1 Å². The van der Waals surface area contributed by atoms with Crippen LogP contribution < -0.4 is 4.72 Å². The van der Waals surface area contributed by atoms with Gasteiger partial charge in [0.25, 0.3) is 5.91 Å². The Labute approximate surface area is 151 Å². The number of rotatable bonds is 6. The molecule has 3 rings (SSSR count). The molecular weight excluding hydrogens is 360 g/mol. The first kappa shape index (κ1) is 18.1. The Hall–Kier alpha value is -1.74. The lowest BCUT2D eigenvalue weighted by atomic mass is 10.2. The van der Waals surface area contributed by atoms with E-state index in [1.807, 2.05) is 17.5 Å². The number of thiophene rings is 1. The average molecular weight is 380 g/mol. The molecule has 0 radical (unpaired) electrons. The van der Waals surface area contributed by atoms with Gasteiger partial charge in [0.2, 0.25) is 10.0 Å². The molecule has 1 N–H and O–H groups in total. The number of ether oxygens (including phenoxy) is 1. The van der Waals surface area contributed by atoms with E-state index in [9.17, 15) is 13.2 Å². The van der Waals surface area contributed by atoms with Gasteiger partial charge in [0, 0.05) is 30.1 Å². The lowest BCUT2D eigenvalue weighted by Crippen LogP contribution is -2.35. The van der Waals surface area contributed by atoms with Gasteiger partial charge < -0.3 is 9.64 Å². The number of amides is 1. The fraction of sp³-hybridized carbons (Fsp3) is 0.353. The van der Waals surface area contributed by atoms with Crippen molar-refractivity contribution in [2.45, 2.75) is 23.9 Å². The Balaban J connectivity index is 1.74. The molecule has 0 bridgehead atoms. The van der Waals surface area contributed by atoms with Gasteiger partial charge in [0.1, 0.15) is 0 Å². The summed E-state index contributed by atoms with van der Waals surface area (Å²) >= 11 is 1.58. The standard InChI is InChI=1S/C17H20N2O4S2/c1-19(11-15-5-3-9-24-15)17(20)13-4-2-6-16(10-13)25(21,22)18-14-7-8-23-12-14/h2-6,9-10,14,18H,7-8,11-12H2,1H3/t14-/m1/s1. The van der Waals surface area contributed by atoms with Crippen LogP contribution in [0, 0.1) is 0 Å². The summed E-state index contributed by atoms with van der Waals surface area (Å²) in [6, 6.07) is 9.81. The van der Waals surface area contributed by atoms with Crippen LogP contribution in [-0.2, 0) is 21.3 Å². The predicted octanol–water partition coefficient (Wildman–Crippen LogP) is 2.09. The normalized spacial score (nSPS) is 17.6. The second-order valence-corrected chi connectivity index (χ2v) is 8.70. The van der Waals surface area contributed by atoms with Gasteiger partial charge in [0.15, 0.2) is 0 Å². The summed E-state index contributed by atoms with van der Waals surface area (Å²) in [5.41, 5.74) is 0.351. The Bertz CT molecular complexity index is 828. The van der Waals surface area contributed by atoms with Crippen LogP contribution in [0.1, 0.15) is 21.7 Å². The van der Waals surface area contributed by atoms with E-state index >= 15 is 0 Å². The molecule has 0 spiro atoms. The zero-order valence-electron chi connectivity index (χ0n) is 13.8. The number of nitrogens with zero attached hydrogens (tertiary/aromatic N) is 1. The van der Waals surface area contributed by atoms with E-state index in [2.05, 4.69) is 4.72 Å². The molecule has 1 fully saturated rings. The molecule has 1 aromatic carbocycles. The van der Waals surface area contributed by atoms with Crippen LogP contribution in [0.15, 0.2) is 46.7 Å². The molecular formula is C17H20N2O4S2. The summed E-state index contributed by atoms with van der Waals surface area (Å²) in [7, 11) is -1.97. The second kappa shape index (κ2) is 7.65. The lowest BCUT2D eigenvalue weighted by Gasteiger charge is -2.17. The molecule has 1 aliphatic heterocycles. The van der Waals surface area contributed by atoms with Crippen LogP contribution in [0.25, 0.3) is 0 Å². The molecule has 1 aliphatic rings. The molecule has 2 aromatic rings. The molecule has 1 aromatic heterocycles. The second-order valence-electron chi connectivity index (χ2n) is 5.95. The van der Waals surface area contributed by atoms with E-state index in [4.69, 9.17) is 4.74 Å². The third kappa shape index (κ3) is 4.46. The van der Waals surface area contributed by atoms with Gasteiger partial charge in [-0.2, -0.15) is 0 Å². The third-order valence-electron chi connectivity index (χ3n) is 3.96. The first-order chi connectivity index (χ1) is 12.0. The number of carbonyl (C=O) groups is 1. The fourth-order valence-electron chi connectivity index (χ4n) is 2.64. The van der Waals surface area contributed by atoms with E-state index in [1.165, 1.54) is 12.1 Å². The average Bonchev–Trinajstić information content (AvgIpc) is 3.28. The number of carbonyl (C=O) groups excluding carboxylic acids is 1. The van der Waals surface area contributed by atoms with Crippen LogP contribution in [0.2, 0.25) is 0 Å². The molecule has 0 saturated carbocycles. The summed E-state index contributed by atoms with van der Waals surface area (Å²) in [4.78, 5) is 15.3. The smallest absolute Gasteiger partial charge is 0.253 e. The molecule has 25 heavy (non-hydrogen) atoms. The number of sulfonamides is 1. The largest absolute Gasteiger partial charge is 0.380 e. The Morgan fingerprint density at radius 2 is 2.20 bits per heavy atom. The Morgan fingerprint density at radius 3 is 2.88 bits per heavy atom. The minimum atomic E-state index is -3.67. The Kier molecular flexibility index (Phi) is 5.53. The summed E-state index contributed by atoms with van der Waals surface area (Å²) in [6.45, 7) is 1.42.